The SMILES string of the molecule is CCOC(=O)C1=COC(OC(=O)NC)C2C(CO)=CCC12. The van der Waals surface area contributed by atoms with Gasteiger partial charge in [0.1, 0.15) is 0 Å². The van der Waals surface area contributed by atoms with Gasteiger partial charge in [-0.3, -0.25) is 0 Å². The van der Waals surface area contributed by atoms with Crippen molar-refractivity contribution < 1.29 is 28.9 Å². The lowest BCUT2D eigenvalue weighted by Crippen LogP contribution is -2.40. The summed E-state index contributed by atoms with van der Waals surface area (Å²) in [6.45, 7) is 1.82. The highest BCUT2D eigenvalue weighted by Crippen LogP contribution is 2.43. The van der Waals surface area contributed by atoms with Gasteiger partial charge in [-0.05, 0) is 18.9 Å². The number of rotatable bonds is 4. The Morgan fingerprint density at radius 2 is 2.29 bits per heavy atom. The van der Waals surface area contributed by atoms with Gasteiger partial charge in [-0.1, -0.05) is 6.08 Å². The standard InChI is InChI=1S/C14H19NO6/c1-3-19-12(17)10-7-20-13(21-14(18)15-2)11-8(6-16)4-5-9(10)11/h4,7,9,11,13,16H,3,5-6H2,1-2H3,(H,15,18). The first kappa shape index (κ1) is 15.4. The normalized spacial score (nSPS) is 26.9. The van der Waals surface area contributed by atoms with Crippen molar-refractivity contribution in [3.8, 4) is 0 Å². The summed E-state index contributed by atoms with van der Waals surface area (Å²) >= 11 is 0. The molecule has 1 amide bonds. The number of nitrogens with one attached hydrogen (secondary N) is 1. The van der Waals surface area contributed by atoms with Gasteiger partial charge in [0.2, 0.25) is 0 Å². The molecule has 0 saturated carbocycles. The van der Waals surface area contributed by atoms with Crippen molar-refractivity contribution in [2.24, 2.45) is 11.8 Å². The number of allylic oxidation sites excluding steroid dienone is 1. The summed E-state index contributed by atoms with van der Waals surface area (Å²) in [6.07, 6.45) is 2.21. The van der Waals surface area contributed by atoms with E-state index in [2.05, 4.69) is 5.32 Å². The number of esters is 1. The molecule has 116 valence electrons. The summed E-state index contributed by atoms with van der Waals surface area (Å²) in [7, 11) is 1.44. The van der Waals surface area contributed by atoms with Crippen LogP contribution in [-0.2, 0) is 19.0 Å². The van der Waals surface area contributed by atoms with E-state index in [4.69, 9.17) is 14.2 Å². The molecule has 0 aromatic carbocycles. The minimum absolute atomic E-state index is 0.172. The number of hydrogen-bond acceptors (Lipinski definition) is 6. The molecule has 2 aliphatic rings. The highest BCUT2D eigenvalue weighted by molar-refractivity contribution is 5.89. The fourth-order valence-corrected chi connectivity index (χ4v) is 2.67. The average molecular weight is 297 g/mol. The van der Waals surface area contributed by atoms with E-state index in [0.717, 1.165) is 0 Å². The Bertz CT molecular complexity index is 484. The zero-order valence-corrected chi connectivity index (χ0v) is 12.0. The molecule has 7 nitrogen and oxygen atoms in total. The van der Waals surface area contributed by atoms with Gasteiger partial charge in [-0.15, -0.1) is 0 Å². The molecule has 0 aromatic rings. The van der Waals surface area contributed by atoms with Gasteiger partial charge in [-0.25, -0.2) is 9.59 Å². The second kappa shape index (κ2) is 6.62. The molecule has 2 N–H and O–H groups in total. The van der Waals surface area contributed by atoms with Gasteiger partial charge in [0.15, 0.2) is 0 Å². The monoisotopic (exact) mass is 297 g/mol. The maximum Gasteiger partial charge on any atom is 0.409 e. The smallest absolute Gasteiger partial charge is 0.409 e. The first-order valence-corrected chi connectivity index (χ1v) is 6.83. The summed E-state index contributed by atoms with van der Waals surface area (Å²) in [6, 6.07) is 0. The summed E-state index contributed by atoms with van der Waals surface area (Å²) in [5, 5.41) is 11.8. The quantitative estimate of drug-likeness (QED) is 0.586. The molecule has 0 saturated heterocycles. The van der Waals surface area contributed by atoms with Crippen LogP contribution in [0.25, 0.3) is 0 Å². The Labute approximate surface area is 122 Å². The highest BCUT2D eigenvalue weighted by atomic mass is 16.7. The van der Waals surface area contributed by atoms with Gasteiger partial charge >= 0.3 is 12.1 Å². The summed E-state index contributed by atoms with van der Waals surface area (Å²) < 4.78 is 15.5. The minimum atomic E-state index is -0.867. The van der Waals surface area contributed by atoms with E-state index < -0.39 is 18.4 Å². The van der Waals surface area contributed by atoms with Crippen molar-refractivity contribution in [3.05, 3.63) is 23.5 Å². The van der Waals surface area contributed by atoms with E-state index in [9.17, 15) is 14.7 Å². The van der Waals surface area contributed by atoms with E-state index in [1.807, 2.05) is 6.08 Å². The van der Waals surface area contributed by atoms with Crippen LogP contribution in [0.1, 0.15) is 13.3 Å². The second-order valence-electron chi connectivity index (χ2n) is 4.76. The van der Waals surface area contributed by atoms with E-state index in [1.54, 1.807) is 6.92 Å². The van der Waals surface area contributed by atoms with Crippen LogP contribution in [0.4, 0.5) is 4.79 Å². The number of carbonyl (C=O) groups excluding carboxylic acids is 2. The molecule has 1 heterocycles. The molecule has 2 rings (SSSR count). The topological polar surface area (TPSA) is 94.1 Å². The molecule has 7 heteroatoms. The molecule has 0 spiro atoms. The first-order valence-electron chi connectivity index (χ1n) is 6.83. The fraction of sp³-hybridized carbons (Fsp3) is 0.571. The number of aliphatic hydroxyl groups is 1. The van der Waals surface area contributed by atoms with Crippen molar-refractivity contribution >= 4 is 12.1 Å². The maximum atomic E-state index is 11.9. The predicted octanol–water partition coefficient (Wildman–Crippen LogP) is 0.700. The Morgan fingerprint density at radius 1 is 1.52 bits per heavy atom. The number of fused-ring (bicyclic) bond motifs is 1. The van der Waals surface area contributed by atoms with Crippen LogP contribution in [0.15, 0.2) is 23.5 Å². The lowest BCUT2D eigenvalue weighted by atomic mass is 9.83. The molecule has 3 atom stereocenters. The van der Waals surface area contributed by atoms with Crippen LogP contribution in [0.3, 0.4) is 0 Å². The number of alkyl carbamates (subject to hydrolysis) is 1. The van der Waals surface area contributed by atoms with E-state index in [-0.39, 0.29) is 25.0 Å². The number of hydrogen-bond donors (Lipinski definition) is 2. The largest absolute Gasteiger partial charge is 0.463 e. The van der Waals surface area contributed by atoms with Crippen LogP contribution >= 0.6 is 0 Å². The molecule has 0 bridgehead atoms. The predicted molar refractivity (Wildman–Crippen MR) is 71.9 cm³/mol. The van der Waals surface area contributed by atoms with Crippen LogP contribution < -0.4 is 5.32 Å². The molecular formula is C14H19NO6. The molecular weight excluding hydrogens is 278 g/mol. The summed E-state index contributed by atoms with van der Waals surface area (Å²) in [5.41, 5.74) is 1.10. The fourth-order valence-electron chi connectivity index (χ4n) is 2.67. The molecule has 0 radical (unpaired) electrons. The summed E-state index contributed by atoms with van der Waals surface area (Å²) in [4.78, 5) is 23.3. The third-order valence-corrected chi connectivity index (χ3v) is 3.64. The van der Waals surface area contributed by atoms with E-state index in [0.29, 0.717) is 17.6 Å². The highest BCUT2D eigenvalue weighted by Gasteiger charge is 2.45. The number of carbonyl (C=O) groups is 2. The van der Waals surface area contributed by atoms with Crippen molar-refractivity contribution in [1.82, 2.24) is 5.32 Å². The number of aliphatic hydroxyl groups excluding tert-OH is 1. The van der Waals surface area contributed by atoms with E-state index in [1.165, 1.54) is 13.3 Å². The van der Waals surface area contributed by atoms with Gasteiger partial charge in [0, 0.05) is 13.0 Å². The minimum Gasteiger partial charge on any atom is -0.463 e. The molecule has 21 heavy (non-hydrogen) atoms. The Kier molecular flexibility index (Phi) is 4.85. The van der Waals surface area contributed by atoms with Crippen LogP contribution in [-0.4, -0.2) is 43.7 Å². The van der Waals surface area contributed by atoms with Gasteiger partial charge < -0.3 is 24.6 Å². The molecule has 0 fully saturated rings. The second-order valence-corrected chi connectivity index (χ2v) is 4.76. The lowest BCUT2D eigenvalue weighted by molar-refractivity contribution is -0.144. The average Bonchev–Trinajstić information content (AvgIpc) is 2.91. The van der Waals surface area contributed by atoms with Crippen molar-refractivity contribution in [2.45, 2.75) is 19.6 Å². The first-order chi connectivity index (χ1) is 10.1. The van der Waals surface area contributed by atoms with Gasteiger partial charge in [0.05, 0.1) is 31.0 Å². The Hall–Kier alpha value is -2.02. The molecule has 3 unspecified atom stereocenters. The Morgan fingerprint density at radius 3 is 2.90 bits per heavy atom. The van der Waals surface area contributed by atoms with Crippen LogP contribution in [0, 0.1) is 11.8 Å². The zero-order chi connectivity index (χ0) is 15.4. The van der Waals surface area contributed by atoms with Gasteiger partial charge in [0.25, 0.3) is 6.29 Å². The lowest BCUT2D eigenvalue weighted by Gasteiger charge is -2.33. The third-order valence-electron chi connectivity index (χ3n) is 3.64. The van der Waals surface area contributed by atoms with E-state index >= 15 is 0 Å². The third kappa shape index (κ3) is 3.02. The molecule has 0 aromatic heterocycles. The number of ether oxygens (including phenoxy) is 3. The molecule has 1 aliphatic carbocycles. The zero-order valence-electron chi connectivity index (χ0n) is 12.0. The van der Waals surface area contributed by atoms with Gasteiger partial charge in [-0.2, -0.15) is 0 Å². The summed E-state index contributed by atoms with van der Waals surface area (Å²) in [5.74, 6) is -1.04. The Balaban J connectivity index is 2.22. The number of amides is 1. The van der Waals surface area contributed by atoms with Crippen LogP contribution in [0.2, 0.25) is 0 Å². The van der Waals surface area contributed by atoms with Crippen molar-refractivity contribution in [1.29, 1.82) is 0 Å². The molecule has 1 aliphatic heterocycles. The van der Waals surface area contributed by atoms with Crippen LogP contribution in [0.5, 0.6) is 0 Å². The van der Waals surface area contributed by atoms with Crippen molar-refractivity contribution in [2.75, 3.05) is 20.3 Å². The van der Waals surface area contributed by atoms with Crippen molar-refractivity contribution in [3.63, 3.8) is 0 Å². The maximum absolute atomic E-state index is 11.9.